The summed E-state index contributed by atoms with van der Waals surface area (Å²) in [5.41, 5.74) is 1.38. The number of phenolic OH excluding ortho intramolecular Hbond substituents is 1. The molecule has 2 heterocycles. The van der Waals surface area contributed by atoms with Crippen molar-refractivity contribution in [2.24, 2.45) is 0 Å². The van der Waals surface area contributed by atoms with Crippen molar-refractivity contribution in [2.45, 2.75) is 31.0 Å². The summed E-state index contributed by atoms with van der Waals surface area (Å²) in [5, 5.41) is 22.0. The molecular weight excluding hydrogens is 401 g/mol. The van der Waals surface area contributed by atoms with E-state index >= 15 is 0 Å². The quantitative estimate of drug-likeness (QED) is 0.499. The Balaban J connectivity index is 1.83. The normalized spacial score (nSPS) is 21.1. The van der Waals surface area contributed by atoms with Crippen LogP contribution < -0.4 is 0 Å². The Labute approximate surface area is 177 Å². The number of halogens is 1. The minimum Gasteiger partial charge on any atom is -0.508 e. The molecule has 1 N–H and O–H groups in total. The predicted molar refractivity (Wildman–Crippen MR) is 110 cm³/mol. The van der Waals surface area contributed by atoms with Gasteiger partial charge in [0, 0.05) is 30.3 Å². The number of hydrogen-bond acceptors (Lipinski definition) is 5. The molecule has 1 aliphatic heterocycles. The molecule has 0 saturated carbocycles. The molecule has 1 aromatic heterocycles. The van der Waals surface area contributed by atoms with Crippen LogP contribution in [-0.4, -0.2) is 31.9 Å². The van der Waals surface area contributed by atoms with Crippen molar-refractivity contribution in [3.05, 3.63) is 106 Å². The lowest BCUT2D eigenvalue weighted by atomic mass is 9.78. The molecule has 4 rings (SSSR count). The molecule has 0 radical (unpaired) electrons. The van der Waals surface area contributed by atoms with E-state index in [1.165, 1.54) is 35.2 Å². The maximum absolute atomic E-state index is 14.6. The van der Waals surface area contributed by atoms with E-state index in [1.54, 1.807) is 42.7 Å². The molecule has 1 fully saturated rings. The second kappa shape index (κ2) is 8.51. The molecule has 0 unspecified atom stereocenters. The predicted octanol–water partition coefficient (Wildman–Crippen LogP) is 3.83. The van der Waals surface area contributed by atoms with Crippen LogP contribution in [0.3, 0.4) is 0 Å². The van der Waals surface area contributed by atoms with E-state index in [2.05, 4.69) is 4.98 Å². The number of hydrogen-bond donors (Lipinski definition) is 1. The number of aromatic hydroxyl groups is 1. The highest BCUT2D eigenvalue weighted by molar-refractivity contribution is 5.79. The van der Waals surface area contributed by atoms with Crippen molar-refractivity contribution in [1.82, 2.24) is 9.88 Å². The molecule has 0 aliphatic carbocycles. The first-order chi connectivity index (χ1) is 15.0. The van der Waals surface area contributed by atoms with Gasteiger partial charge in [-0.1, -0.05) is 36.4 Å². The summed E-state index contributed by atoms with van der Waals surface area (Å²) in [7, 11) is 0. The van der Waals surface area contributed by atoms with Gasteiger partial charge >= 0.3 is 0 Å². The Morgan fingerprint density at radius 3 is 2.52 bits per heavy atom. The number of carbonyl (C=O) groups excluding carboxylic acids is 1. The molecule has 2 aromatic carbocycles. The van der Waals surface area contributed by atoms with E-state index in [9.17, 15) is 24.4 Å². The van der Waals surface area contributed by atoms with Crippen molar-refractivity contribution in [3.8, 4) is 5.75 Å². The second-order valence-electron chi connectivity index (χ2n) is 7.53. The van der Waals surface area contributed by atoms with E-state index < -0.39 is 28.7 Å². The Hall–Kier alpha value is -3.81. The highest BCUT2D eigenvalue weighted by atomic mass is 19.1. The summed E-state index contributed by atoms with van der Waals surface area (Å²) in [6.45, 7) is 0.131. The van der Waals surface area contributed by atoms with Gasteiger partial charge in [0.05, 0.1) is 5.92 Å². The molecule has 31 heavy (non-hydrogen) atoms. The lowest BCUT2D eigenvalue weighted by Crippen LogP contribution is -2.51. The van der Waals surface area contributed by atoms with Crippen LogP contribution in [0.1, 0.15) is 35.1 Å². The number of rotatable bonds is 5. The van der Waals surface area contributed by atoms with Crippen LogP contribution >= 0.6 is 0 Å². The van der Waals surface area contributed by atoms with Gasteiger partial charge in [0.25, 0.3) is 0 Å². The van der Waals surface area contributed by atoms with E-state index in [0.29, 0.717) is 5.56 Å². The lowest BCUT2D eigenvalue weighted by molar-refractivity contribution is -0.537. The molecule has 7 nitrogen and oxygen atoms in total. The van der Waals surface area contributed by atoms with E-state index in [1.807, 2.05) is 0 Å². The molecular formula is C23H20FN3O4. The number of phenols is 1. The molecule has 0 bridgehead atoms. The number of pyridine rings is 1. The number of nitro groups is 1. The first-order valence-corrected chi connectivity index (χ1v) is 9.81. The fraction of sp³-hybridized carbons (Fsp3) is 0.217. The molecule has 1 saturated heterocycles. The molecule has 3 aromatic rings. The van der Waals surface area contributed by atoms with Crippen molar-refractivity contribution in [1.29, 1.82) is 0 Å². The van der Waals surface area contributed by atoms with Gasteiger partial charge in [-0.25, -0.2) is 4.39 Å². The largest absolute Gasteiger partial charge is 0.508 e. The minimum atomic E-state index is -1.27. The molecule has 158 valence electrons. The van der Waals surface area contributed by atoms with Gasteiger partial charge in [-0.05, 0) is 41.0 Å². The van der Waals surface area contributed by atoms with E-state index in [-0.39, 0.29) is 30.2 Å². The van der Waals surface area contributed by atoms with Gasteiger partial charge in [0.1, 0.15) is 17.6 Å². The smallest absolute Gasteiger partial charge is 0.244 e. The van der Waals surface area contributed by atoms with E-state index in [4.69, 9.17) is 0 Å². The minimum absolute atomic E-state index is 0.00741. The molecule has 1 aliphatic rings. The number of carbonyl (C=O) groups is 1. The van der Waals surface area contributed by atoms with Gasteiger partial charge in [0.15, 0.2) is 0 Å². The Kier molecular flexibility index (Phi) is 5.62. The zero-order valence-corrected chi connectivity index (χ0v) is 16.5. The SMILES string of the molecule is O=C1C[C@@H](c2ccccc2F)[C@H]([N+](=O)[O-])[C@@H](c2ccc(O)cc2)N1Cc1cccnc1. The lowest BCUT2D eigenvalue weighted by Gasteiger charge is -2.41. The van der Waals surface area contributed by atoms with Crippen LogP contribution in [-0.2, 0) is 11.3 Å². The van der Waals surface area contributed by atoms with Gasteiger partial charge < -0.3 is 10.0 Å². The zero-order chi connectivity index (χ0) is 22.0. The highest BCUT2D eigenvalue weighted by Gasteiger charge is 2.51. The maximum Gasteiger partial charge on any atom is 0.244 e. The van der Waals surface area contributed by atoms with Gasteiger partial charge in [-0.3, -0.25) is 19.9 Å². The average molecular weight is 421 g/mol. The fourth-order valence-electron chi connectivity index (χ4n) is 4.24. The van der Waals surface area contributed by atoms with Crippen molar-refractivity contribution >= 4 is 5.91 Å². The number of aromatic nitrogens is 1. The Bertz CT molecular complexity index is 1090. The molecule has 3 atom stereocenters. The average Bonchev–Trinajstić information content (AvgIpc) is 2.76. The number of nitrogens with zero attached hydrogens (tertiary/aromatic N) is 3. The van der Waals surface area contributed by atoms with Crippen LogP contribution in [0, 0.1) is 15.9 Å². The van der Waals surface area contributed by atoms with Crippen LogP contribution in [0.25, 0.3) is 0 Å². The van der Waals surface area contributed by atoms with Gasteiger partial charge in [-0.15, -0.1) is 0 Å². The van der Waals surface area contributed by atoms with Gasteiger partial charge in [0.2, 0.25) is 11.9 Å². The third kappa shape index (κ3) is 4.09. The Morgan fingerprint density at radius 1 is 1.13 bits per heavy atom. The third-order valence-electron chi connectivity index (χ3n) is 5.64. The topological polar surface area (TPSA) is 96.6 Å². The van der Waals surface area contributed by atoms with E-state index in [0.717, 1.165) is 5.56 Å². The molecule has 8 heteroatoms. The fourth-order valence-corrected chi connectivity index (χ4v) is 4.24. The standard InChI is InChI=1S/C23H20FN3O4/c24-20-6-2-1-5-18(20)19-12-21(29)26(14-15-4-3-11-25-13-15)22(23(19)27(30)31)16-7-9-17(28)10-8-16/h1-11,13,19,22-23,28H,12,14H2/t19-,22+,23-/m0/s1. The first-order valence-electron chi connectivity index (χ1n) is 9.81. The third-order valence-corrected chi connectivity index (χ3v) is 5.64. The Morgan fingerprint density at radius 2 is 1.87 bits per heavy atom. The summed E-state index contributed by atoms with van der Waals surface area (Å²) in [6, 6.07) is 13.1. The number of piperidine rings is 1. The summed E-state index contributed by atoms with van der Waals surface area (Å²) in [5.74, 6) is -1.80. The number of amides is 1. The zero-order valence-electron chi connectivity index (χ0n) is 16.5. The summed E-state index contributed by atoms with van der Waals surface area (Å²) < 4.78 is 14.6. The summed E-state index contributed by atoms with van der Waals surface area (Å²) in [4.78, 5) is 30.6. The number of likely N-dealkylation sites (tertiary alicyclic amines) is 1. The molecule has 1 amide bonds. The van der Waals surface area contributed by atoms with Crippen LogP contribution in [0.2, 0.25) is 0 Å². The van der Waals surface area contributed by atoms with Crippen molar-refractivity contribution in [3.63, 3.8) is 0 Å². The van der Waals surface area contributed by atoms with Crippen LogP contribution in [0.4, 0.5) is 4.39 Å². The van der Waals surface area contributed by atoms with Crippen LogP contribution in [0.15, 0.2) is 73.1 Å². The highest BCUT2D eigenvalue weighted by Crippen LogP contribution is 2.43. The number of benzene rings is 2. The first kappa shape index (κ1) is 20.5. The van der Waals surface area contributed by atoms with Crippen molar-refractivity contribution < 1.29 is 19.2 Å². The van der Waals surface area contributed by atoms with Crippen molar-refractivity contribution in [2.75, 3.05) is 0 Å². The maximum atomic E-state index is 14.6. The molecule has 0 spiro atoms. The van der Waals surface area contributed by atoms with Crippen LogP contribution in [0.5, 0.6) is 5.75 Å². The monoisotopic (exact) mass is 421 g/mol. The summed E-state index contributed by atoms with van der Waals surface area (Å²) in [6.07, 6.45) is 3.03. The van der Waals surface area contributed by atoms with Gasteiger partial charge in [-0.2, -0.15) is 0 Å². The summed E-state index contributed by atoms with van der Waals surface area (Å²) >= 11 is 0. The second-order valence-corrected chi connectivity index (χ2v) is 7.53.